The molecule has 0 aliphatic carbocycles. The lowest BCUT2D eigenvalue weighted by molar-refractivity contribution is -0.143. The minimum absolute atomic E-state index is 0.0362. The molecule has 0 spiro atoms. The number of aromatic hydroxyl groups is 1. The van der Waals surface area contributed by atoms with E-state index in [9.17, 15) is 14.7 Å². The van der Waals surface area contributed by atoms with Gasteiger partial charge in [0.1, 0.15) is 12.4 Å². The van der Waals surface area contributed by atoms with Gasteiger partial charge in [-0.15, -0.1) is 0 Å². The fourth-order valence-corrected chi connectivity index (χ4v) is 3.92. The van der Waals surface area contributed by atoms with Crippen LogP contribution in [0.5, 0.6) is 5.75 Å². The number of carbonyl (C=O) groups excluding carboxylic acids is 2. The Labute approximate surface area is 160 Å². The number of phenolic OH excluding ortho intramolecular Hbond substituents is 1. The van der Waals surface area contributed by atoms with Crippen molar-refractivity contribution in [1.82, 2.24) is 14.7 Å². The molecule has 7 heteroatoms. The molecule has 2 aliphatic heterocycles. The largest absolute Gasteiger partial charge is 0.508 e. The summed E-state index contributed by atoms with van der Waals surface area (Å²) in [6.07, 6.45) is 1.71. The molecular formula is C20H29N3O4. The third-order valence-corrected chi connectivity index (χ3v) is 5.39. The monoisotopic (exact) mass is 375 g/mol. The predicted octanol–water partition coefficient (Wildman–Crippen LogP) is 0.921. The summed E-state index contributed by atoms with van der Waals surface area (Å²) in [4.78, 5) is 30.9. The minimum atomic E-state index is -0.0998. The number of amides is 2. The third kappa shape index (κ3) is 5.20. The van der Waals surface area contributed by atoms with E-state index in [0.29, 0.717) is 26.2 Å². The van der Waals surface area contributed by atoms with Crippen LogP contribution in [0.1, 0.15) is 18.4 Å². The number of methoxy groups -OCH3 is 1. The van der Waals surface area contributed by atoms with Gasteiger partial charge in [-0.3, -0.25) is 14.5 Å². The lowest BCUT2D eigenvalue weighted by Crippen LogP contribution is -2.53. The molecule has 27 heavy (non-hydrogen) atoms. The Bertz CT molecular complexity index is 658. The summed E-state index contributed by atoms with van der Waals surface area (Å²) in [6.45, 7) is 5.13. The normalized spacial score (nSPS) is 21.3. The Morgan fingerprint density at radius 1 is 1.15 bits per heavy atom. The van der Waals surface area contributed by atoms with E-state index in [-0.39, 0.29) is 30.1 Å². The second-order valence-corrected chi connectivity index (χ2v) is 7.38. The zero-order valence-electron chi connectivity index (χ0n) is 16.0. The number of piperazine rings is 1. The van der Waals surface area contributed by atoms with Gasteiger partial charge in [-0.2, -0.15) is 0 Å². The van der Waals surface area contributed by atoms with Crippen LogP contribution in [0.2, 0.25) is 0 Å². The molecule has 2 fully saturated rings. The number of rotatable bonds is 5. The number of ether oxygens (including phenoxy) is 1. The van der Waals surface area contributed by atoms with Crippen LogP contribution in [0, 0.1) is 5.92 Å². The van der Waals surface area contributed by atoms with Crippen LogP contribution in [0.4, 0.5) is 0 Å². The molecule has 1 unspecified atom stereocenters. The molecule has 2 amide bonds. The molecule has 0 aromatic heterocycles. The van der Waals surface area contributed by atoms with Crippen molar-refractivity contribution in [3.63, 3.8) is 0 Å². The molecule has 1 aromatic carbocycles. The summed E-state index contributed by atoms with van der Waals surface area (Å²) in [5.74, 6) is 0.316. The fourth-order valence-electron chi connectivity index (χ4n) is 3.92. The van der Waals surface area contributed by atoms with E-state index in [1.165, 1.54) is 7.11 Å². The van der Waals surface area contributed by atoms with Gasteiger partial charge in [0.05, 0.1) is 5.92 Å². The number of phenols is 1. The molecule has 2 saturated heterocycles. The van der Waals surface area contributed by atoms with Crippen molar-refractivity contribution in [3.8, 4) is 5.75 Å². The third-order valence-electron chi connectivity index (χ3n) is 5.39. The van der Waals surface area contributed by atoms with Crippen LogP contribution >= 0.6 is 0 Å². The standard InChI is InChI=1S/C20H29N3O4/c1-27-15-19(25)23-7-3-5-17(14-23)20(26)22-10-8-21(9-11-22)13-16-4-2-6-18(24)12-16/h2,4,6,12,17,24H,3,5,7-11,13-15H2,1H3. The van der Waals surface area contributed by atoms with Crippen LogP contribution in [-0.2, 0) is 20.9 Å². The Kier molecular flexibility index (Phi) is 6.68. The zero-order chi connectivity index (χ0) is 19.2. The van der Waals surface area contributed by atoms with Crippen LogP contribution in [0.25, 0.3) is 0 Å². The molecule has 1 aromatic rings. The van der Waals surface area contributed by atoms with E-state index >= 15 is 0 Å². The van der Waals surface area contributed by atoms with Gasteiger partial charge >= 0.3 is 0 Å². The first-order chi connectivity index (χ1) is 13.1. The van der Waals surface area contributed by atoms with Crippen LogP contribution in [0.3, 0.4) is 0 Å². The Morgan fingerprint density at radius 2 is 1.93 bits per heavy atom. The number of likely N-dealkylation sites (tertiary alicyclic amines) is 1. The summed E-state index contributed by atoms with van der Waals surface area (Å²) >= 11 is 0. The Balaban J connectivity index is 1.48. The molecule has 148 valence electrons. The van der Waals surface area contributed by atoms with Crippen LogP contribution in [0.15, 0.2) is 24.3 Å². The maximum atomic E-state index is 12.9. The van der Waals surface area contributed by atoms with E-state index in [1.54, 1.807) is 17.0 Å². The molecule has 1 N–H and O–H groups in total. The molecule has 1 atom stereocenters. The summed E-state index contributed by atoms with van der Waals surface area (Å²) in [6, 6.07) is 7.31. The molecule has 7 nitrogen and oxygen atoms in total. The second kappa shape index (κ2) is 9.19. The first kappa shape index (κ1) is 19.6. The molecule has 0 bridgehead atoms. The Hall–Kier alpha value is -2.12. The minimum Gasteiger partial charge on any atom is -0.508 e. The lowest BCUT2D eigenvalue weighted by atomic mass is 9.96. The predicted molar refractivity (Wildman–Crippen MR) is 101 cm³/mol. The fraction of sp³-hybridized carbons (Fsp3) is 0.600. The highest BCUT2D eigenvalue weighted by atomic mass is 16.5. The van der Waals surface area contributed by atoms with Gasteiger partial charge in [-0.25, -0.2) is 0 Å². The van der Waals surface area contributed by atoms with Gasteiger partial charge in [0.2, 0.25) is 11.8 Å². The molecule has 2 heterocycles. The van der Waals surface area contributed by atoms with Gasteiger partial charge in [-0.1, -0.05) is 12.1 Å². The second-order valence-electron chi connectivity index (χ2n) is 7.38. The van der Waals surface area contributed by atoms with Gasteiger partial charge in [0.25, 0.3) is 0 Å². The molecular weight excluding hydrogens is 346 g/mol. The maximum Gasteiger partial charge on any atom is 0.248 e. The van der Waals surface area contributed by atoms with E-state index in [0.717, 1.165) is 38.0 Å². The average molecular weight is 375 g/mol. The zero-order valence-corrected chi connectivity index (χ0v) is 16.0. The number of benzene rings is 1. The van der Waals surface area contributed by atoms with Crippen molar-refractivity contribution in [2.45, 2.75) is 19.4 Å². The number of hydrogen-bond acceptors (Lipinski definition) is 5. The highest BCUT2D eigenvalue weighted by Gasteiger charge is 2.32. The number of hydrogen-bond donors (Lipinski definition) is 1. The van der Waals surface area contributed by atoms with E-state index in [4.69, 9.17) is 4.74 Å². The molecule has 2 aliphatic rings. The SMILES string of the molecule is COCC(=O)N1CCCC(C(=O)N2CCN(Cc3cccc(O)c3)CC2)C1. The van der Waals surface area contributed by atoms with Gasteiger partial charge in [0, 0.05) is 52.9 Å². The summed E-state index contributed by atoms with van der Waals surface area (Å²) in [5.41, 5.74) is 1.08. The highest BCUT2D eigenvalue weighted by molar-refractivity contribution is 5.82. The Morgan fingerprint density at radius 3 is 2.63 bits per heavy atom. The topological polar surface area (TPSA) is 73.3 Å². The van der Waals surface area contributed by atoms with Crippen LogP contribution in [-0.4, -0.2) is 84.6 Å². The van der Waals surface area contributed by atoms with E-state index in [1.807, 2.05) is 17.0 Å². The number of nitrogens with zero attached hydrogens (tertiary/aromatic N) is 3. The van der Waals surface area contributed by atoms with Gasteiger partial charge < -0.3 is 19.6 Å². The van der Waals surface area contributed by atoms with Crippen molar-refractivity contribution in [2.24, 2.45) is 5.92 Å². The van der Waals surface area contributed by atoms with E-state index in [2.05, 4.69) is 4.90 Å². The van der Waals surface area contributed by atoms with Gasteiger partial charge in [0.15, 0.2) is 0 Å². The smallest absolute Gasteiger partial charge is 0.248 e. The van der Waals surface area contributed by atoms with Crippen molar-refractivity contribution in [2.75, 3.05) is 53.0 Å². The van der Waals surface area contributed by atoms with Crippen molar-refractivity contribution in [1.29, 1.82) is 0 Å². The summed E-state index contributed by atoms with van der Waals surface area (Å²) in [7, 11) is 1.51. The summed E-state index contributed by atoms with van der Waals surface area (Å²) in [5, 5.41) is 9.59. The van der Waals surface area contributed by atoms with Crippen LogP contribution < -0.4 is 0 Å². The molecule has 3 rings (SSSR count). The average Bonchev–Trinajstić information content (AvgIpc) is 2.68. The van der Waals surface area contributed by atoms with Crippen molar-refractivity contribution < 1.29 is 19.4 Å². The first-order valence-corrected chi connectivity index (χ1v) is 9.62. The molecule has 0 radical (unpaired) electrons. The maximum absolute atomic E-state index is 12.9. The summed E-state index contributed by atoms with van der Waals surface area (Å²) < 4.78 is 4.93. The quantitative estimate of drug-likeness (QED) is 0.829. The lowest BCUT2D eigenvalue weighted by Gasteiger charge is -2.39. The molecule has 0 saturated carbocycles. The van der Waals surface area contributed by atoms with E-state index < -0.39 is 0 Å². The van der Waals surface area contributed by atoms with Crippen molar-refractivity contribution in [3.05, 3.63) is 29.8 Å². The highest BCUT2D eigenvalue weighted by Crippen LogP contribution is 2.21. The van der Waals surface area contributed by atoms with Gasteiger partial charge in [-0.05, 0) is 30.5 Å². The number of piperidine rings is 1. The first-order valence-electron chi connectivity index (χ1n) is 9.62. The van der Waals surface area contributed by atoms with Crippen molar-refractivity contribution >= 4 is 11.8 Å². The number of carbonyl (C=O) groups is 2.